The molecule has 3 atom stereocenters. The number of halogens is 1. The maximum atomic E-state index is 14.3. The summed E-state index contributed by atoms with van der Waals surface area (Å²) in [4.78, 5) is 11.9. The Morgan fingerprint density at radius 2 is 2.04 bits per heavy atom. The summed E-state index contributed by atoms with van der Waals surface area (Å²) in [7, 11) is -3.93. The number of carbonyl (C=O) groups excluding carboxylic acids is 1. The van der Waals surface area contributed by atoms with Crippen LogP contribution in [-0.2, 0) is 21.4 Å². The molecule has 1 heterocycles. The number of amides is 1. The molecule has 0 spiro atoms. The first-order valence-corrected chi connectivity index (χ1v) is 9.52. The number of anilines is 1. The van der Waals surface area contributed by atoms with Crippen LogP contribution in [0, 0.1) is 17.7 Å². The molecular weight excluding hydrogens is 335 g/mol. The smallest absolute Gasteiger partial charge is 0.291 e. The standard InChI is InChI=1S/C15H21FN4O3S/c16-13-8-10(20-24(17,22)23)6-5-9(13)7-14-11-3-1-2-4-12(11)15(21)19-18-14/h5-6,8,11-12,14,18,20H,1-4,7H2,(H,19,21)(H2,17,22,23). The van der Waals surface area contributed by atoms with Crippen molar-refractivity contribution in [2.45, 2.75) is 38.1 Å². The second-order valence-electron chi connectivity index (χ2n) is 6.45. The second kappa shape index (κ2) is 6.66. The molecule has 132 valence electrons. The van der Waals surface area contributed by atoms with Gasteiger partial charge in [0.1, 0.15) is 5.82 Å². The fourth-order valence-corrected chi connectivity index (χ4v) is 4.17. The van der Waals surface area contributed by atoms with Gasteiger partial charge < -0.3 is 0 Å². The number of benzene rings is 1. The van der Waals surface area contributed by atoms with E-state index in [0.29, 0.717) is 12.0 Å². The fourth-order valence-electron chi connectivity index (χ4n) is 3.71. The largest absolute Gasteiger partial charge is 0.296 e. The second-order valence-corrected chi connectivity index (χ2v) is 7.75. The molecule has 0 bridgehead atoms. The minimum Gasteiger partial charge on any atom is -0.291 e. The van der Waals surface area contributed by atoms with E-state index in [-0.39, 0.29) is 29.5 Å². The first-order chi connectivity index (χ1) is 11.3. The summed E-state index contributed by atoms with van der Waals surface area (Å²) < 4.78 is 38.3. The minimum atomic E-state index is -3.93. The highest BCUT2D eigenvalue weighted by Gasteiger charge is 2.39. The molecule has 0 radical (unpaired) electrons. The van der Waals surface area contributed by atoms with Crippen LogP contribution in [0.5, 0.6) is 0 Å². The molecule has 1 aliphatic heterocycles. The van der Waals surface area contributed by atoms with Gasteiger partial charge in [-0.05, 0) is 42.9 Å². The summed E-state index contributed by atoms with van der Waals surface area (Å²) in [5.41, 5.74) is 6.24. The highest BCUT2D eigenvalue weighted by atomic mass is 32.2. The molecule has 9 heteroatoms. The SMILES string of the molecule is NS(=O)(=O)Nc1ccc(CC2NNC(=O)C3CCCCC23)c(F)c1. The summed E-state index contributed by atoms with van der Waals surface area (Å²) in [5.74, 6) is -0.315. The number of nitrogens with two attached hydrogens (primary N) is 1. The lowest BCUT2D eigenvalue weighted by Crippen LogP contribution is -2.60. The van der Waals surface area contributed by atoms with E-state index in [4.69, 9.17) is 5.14 Å². The monoisotopic (exact) mass is 356 g/mol. The minimum absolute atomic E-state index is 0.0172. The van der Waals surface area contributed by atoms with Crippen molar-refractivity contribution in [1.29, 1.82) is 0 Å². The third kappa shape index (κ3) is 3.85. The van der Waals surface area contributed by atoms with Crippen LogP contribution in [0.25, 0.3) is 0 Å². The van der Waals surface area contributed by atoms with Crippen LogP contribution in [0.4, 0.5) is 10.1 Å². The topological polar surface area (TPSA) is 113 Å². The molecular formula is C15H21FN4O3S. The Hall–Kier alpha value is -1.71. The van der Waals surface area contributed by atoms with Gasteiger partial charge in [0.05, 0.1) is 5.69 Å². The maximum Gasteiger partial charge on any atom is 0.296 e. The average Bonchev–Trinajstić information content (AvgIpc) is 2.51. The van der Waals surface area contributed by atoms with Crippen LogP contribution in [0.2, 0.25) is 0 Å². The molecule has 1 saturated carbocycles. The van der Waals surface area contributed by atoms with E-state index in [2.05, 4.69) is 10.9 Å². The normalized spacial score (nSPS) is 27.2. The number of nitrogens with one attached hydrogen (secondary N) is 3. The van der Waals surface area contributed by atoms with Crippen LogP contribution in [0.15, 0.2) is 18.2 Å². The molecule has 1 amide bonds. The molecule has 3 rings (SSSR count). The Balaban J connectivity index is 1.74. The van der Waals surface area contributed by atoms with E-state index in [0.717, 1.165) is 31.7 Å². The summed E-state index contributed by atoms with van der Waals surface area (Å²) in [5, 5.41) is 4.88. The van der Waals surface area contributed by atoms with Gasteiger partial charge >= 0.3 is 0 Å². The van der Waals surface area contributed by atoms with Crippen LogP contribution >= 0.6 is 0 Å². The molecule has 7 nitrogen and oxygen atoms in total. The molecule has 2 aliphatic rings. The number of fused-ring (bicyclic) bond motifs is 1. The molecule has 1 aromatic carbocycles. The van der Waals surface area contributed by atoms with E-state index in [1.807, 2.05) is 4.72 Å². The molecule has 24 heavy (non-hydrogen) atoms. The summed E-state index contributed by atoms with van der Waals surface area (Å²) >= 11 is 0. The third-order valence-electron chi connectivity index (χ3n) is 4.81. The van der Waals surface area contributed by atoms with Gasteiger partial charge in [-0.25, -0.2) is 15.0 Å². The average molecular weight is 356 g/mol. The van der Waals surface area contributed by atoms with Crippen LogP contribution in [0.1, 0.15) is 31.2 Å². The van der Waals surface area contributed by atoms with Crippen LogP contribution in [0.3, 0.4) is 0 Å². The maximum absolute atomic E-state index is 14.3. The zero-order valence-electron chi connectivity index (χ0n) is 13.1. The van der Waals surface area contributed by atoms with Gasteiger partial charge in [-0.15, -0.1) is 0 Å². The van der Waals surface area contributed by atoms with Crippen molar-refractivity contribution in [2.75, 3.05) is 4.72 Å². The lowest BCUT2D eigenvalue weighted by atomic mass is 9.72. The Labute approximate surface area is 140 Å². The third-order valence-corrected chi connectivity index (χ3v) is 5.33. The van der Waals surface area contributed by atoms with Gasteiger partial charge in [0.25, 0.3) is 10.2 Å². The molecule has 3 unspecified atom stereocenters. The summed E-state index contributed by atoms with van der Waals surface area (Å²) in [6.07, 6.45) is 4.36. The molecule has 1 saturated heterocycles. The van der Waals surface area contributed by atoms with Crippen molar-refractivity contribution in [3.05, 3.63) is 29.6 Å². The van der Waals surface area contributed by atoms with Gasteiger partial charge in [-0.2, -0.15) is 8.42 Å². The predicted octanol–water partition coefficient (Wildman–Crippen LogP) is 0.793. The highest BCUT2D eigenvalue weighted by molar-refractivity contribution is 7.90. The van der Waals surface area contributed by atoms with Gasteiger partial charge in [0.15, 0.2) is 0 Å². The molecule has 0 aromatic heterocycles. The van der Waals surface area contributed by atoms with E-state index >= 15 is 0 Å². The van der Waals surface area contributed by atoms with E-state index < -0.39 is 16.0 Å². The van der Waals surface area contributed by atoms with Crippen molar-refractivity contribution in [1.82, 2.24) is 10.9 Å². The zero-order chi connectivity index (χ0) is 17.3. The quantitative estimate of drug-likeness (QED) is 0.639. The van der Waals surface area contributed by atoms with Crippen molar-refractivity contribution in [3.63, 3.8) is 0 Å². The van der Waals surface area contributed by atoms with Gasteiger partial charge in [0.2, 0.25) is 5.91 Å². The Morgan fingerprint density at radius 1 is 1.29 bits per heavy atom. The van der Waals surface area contributed by atoms with Crippen molar-refractivity contribution in [3.8, 4) is 0 Å². The molecule has 2 fully saturated rings. The Morgan fingerprint density at radius 3 is 2.75 bits per heavy atom. The van der Waals surface area contributed by atoms with Gasteiger partial charge in [-0.1, -0.05) is 18.9 Å². The number of carbonyl (C=O) groups is 1. The summed E-state index contributed by atoms with van der Waals surface area (Å²) in [6, 6.07) is 4.08. The number of hydrogen-bond acceptors (Lipinski definition) is 4. The Kier molecular flexibility index (Phi) is 4.75. The molecule has 1 aromatic rings. The molecule has 5 N–H and O–H groups in total. The van der Waals surface area contributed by atoms with Gasteiger partial charge in [0, 0.05) is 12.0 Å². The van der Waals surface area contributed by atoms with Crippen molar-refractivity contribution < 1.29 is 17.6 Å². The van der Waals surface area contributed by atoms with Gasteiger partial charge in [-0.3, -0.25) is 14.9 Å². The Bertz CT molecular complexity index is 740. The number of hydrogen-bond donors (Lipinski definition) is 4. The van der Waals surface area contributed by atoms with E-state index in [1.54, 1.807) is 6.07 Å². The number of hydrazine groups is 1. The number of rotatable bonds is 4. The van der Waals surface area contributed by atoms with E-state index in [1.165, 1.54) is 6.07 Å². The fraction of sp³-hybridized carbons (Fsp3) is 0.533. The van der Waals surface area contributed by atoms with Crippen LogP contribution in [-0.4, -0.2) is 20.4 Å². The lowest BCUT2D eigenvalue weighted by molar-refractivity contribution is -0.133. The van der Waals surface area contributed by atoms with Crippen molar-refractivity contribution in [2.24, 2.45) is 17.0 Å². The zero-order valence-corrected chi connectivity index (χ0v) is 13.9. The van der Waals surface area contributed by atoms with Crippen molar-refractivity contribution >= 4 is 21.8 Å². The first kappa shape index (κ1) is 17.1. The van der Waals surface area contributed by atoms with Crippen LogP contribution < -0.4 is 20.7 Å². The predicted molar refractivity (Wildman–Crippen MR) is 87.3 cm³/mol. The first-order valence-electron chi connectivity index (χ1n) is 7.98. The summed E-state index contributed by atoms with van der Waals surface area (Å²) in [6.45, 7) is 0. The molecule has 1 aliphatic carbocycles. The van der Waals surface area contributed by atoms with E-state index in [9.17, 15) is 17.6 Å². The highest BCUT2D eigenvalue weighted by Crippen LogP contribution is 2.35. The lowest BCUT2D eigenvalue weighted by Gasteiger charge is -2.41.